The summed E-state index contributed by atoms with van der Waals surface area (Å²) in [5, 5.41) is 0. The Morgan fingerprint density at radius 2 is 2.12 bits per heavy atom. The standard InChI is InChI=1S/C13H12N2O2/c1-17-12-6-5-9(14)8-10(12)13(16)11-4-2-3-7-15-11/h2-8H,14H2,1H3. The predicted octanol–water partition coefficient (Wildman–Crippen LogP) is 1.90. The summed E-state index contributed by atoms with van der Waals surface area (Å²) < 4.78 is 5.14. The van der Waals surface area contributed by atoms with Gasteiger partial charge in [-0.05, 0) is 30.3 Å². The number of methoxy groups -OCH3 is 1. The number of nitrogens with zero attached hydrogens (tertiary/aromatic N) is 1. The van der Waals surface area contributed by atoms with Gasteiger partial charge >= 0.3 is 0 Å². The molecule has 0 aliphatic rings. The SMILES string of the molecule is COc1ccc(N)cc1C(=O)c1ccccn1. The third-order valence-electron chi connectivity index (χ3n) is 2.37. The number of ether oxygens (including phenoxy) is 1. The quantitative estimate of drug-likeness (QED) is 0.643. The molecule has 2 N–H and O–H groups in total. The summed E-state index contributed by atoms with van der Waals surface area (Å²) in [5.74, 6) is 0.296. The van der Waals surface area contributed by atoms with Gasteiger partial charge in [0.05, 0.1) is 12.7 Å². The van der Waals surface area contributed by atoms with E-state index in [0.29, 0.717) is 22.7 Å². The molecule has 0 atom stereocenters. The number of rotatable bonds is 3. The van der Waals surface area contributed by atoms with Gasteiger partial charge in [-0.25, -0.2) is 0 Å². The van der Waals surface area contributed by atoms with E-state index in [1.165, 1.54) is 7.11 Å². The normalized spacial score (nSPS) is 9.94. The van der Waals surface area contributed by atoms with E-state index in [0.717, 1.165) is 0 Å². The number of carbonyl (C=O) groups excluding carboxylic acids is 1. The Labute approximate surface area is 99.1 Å². The van der Waals surface area contributed by atoms with Crippen molar-refractivity contribution in [2.75, 3.05) is 12.8 Å². The number of anilines is 1. The lowest BCUT2D eigenvalue weighted by atomic mass is 10.1. The maximum absolute atomic E-state index is 12.2. The molecule has 0 aliphatic heterocycles. The number of hydrogen-bond acceptors (Lipinski definition) is 4. The van der Waals surface area contributed by atoms with Crippen molar-refractivity contribution in [1.82, 2.24) is 4.98 Å². The van der Waals surface area contributed by atoms with E-state index in [4.69, 9.17) is 10.5 Å². The lowest BCUT2D eigenvalue weighted by Crippen LogP contribution is -2.06. The number of aromatic nitrogens is 1. The lowest BCUT2D eigenvalue weighted by molar-refractivity contribution is 0.103. The molecule has 17 heavy (non-hydrogen) atoms. The molecule has 4 nitrogen and oxygen atoms in total. The van der Waals surface area contributed by atoms with Crippen LogP contribution in [0.2, 0.25) is 0 Å². The number of nitrogens with two attached hydrogens (primary N) is 1. The van der Waals surface area contributed by atoms with Gasteiger partial charge in [0.1, 0.15) is 11.4 Å². The predicted molar refractivity (Wildman–Crippen MR) is 65.1 cm³/mol. The van der Waals surface area contributed by atoms with Gasteiger partial charge in [-0.2, -0.15) is 0 Å². The third-order valence-corrected chi connectivity index (χ3v) is 2.37. The Morgan fingerprint density at radius 3 is 2.76 bits per heavy atom. The van der Waals surface area contributed by atoms with Crippen molar-refractivity contribution < 1.29 is 9.53 Å². The van der Waals surface area contributed by atoms with Crippen LogP contribution in [0.4, 0.5) is 5.69 Å². The smallest absolute Gasteiger partial charge is 0.215 e. The molecule has 0 spiro atoms. The highest BCUT2D eigenvalue weighted by molar-refractivity contribution is 6.09. The number of nitrogen functional groups attached to an aromatic ring is 1. The van der Waals surface area contributed by atoms with Gasteiger partial charge in [-0.15, -0.1) is 0 Å². The molecule has 4 heteroatoms. The summed E-state index contributed by atoms with van der Waals surface area (Å²) in [6, 6.07) is 10.1. The van der Waals surface area contributed by atoms with Crippen LogP contribution in [0.5, 0.6) is 5.75 Å². The van der Waals surface area contributed by atoms with E-state index in [9.17, 15) is 4.79 Å². The molecular formula is C13H12N2O2. The Morgan fingerprint density at radius 1 is 1.29 bits per heavy atom. The van der Waals surface area contributed by atoms with Crippen molar-refractivity contribution in [3.63, 3.8) is 0 Å². The lowest BCUT2D eigenvalue weighted by Gasteiger charge is -2.07. The summed E-state index contributed by atoms with van der Waals surface area (Å²) >= 11 is 0. The molecule has 0 saturated heterocycles. The molecule has 1 aromatic heterocycles. The zero-order valence-electron chi connectivity index (χ0n) is 9.38. The maximum atomic E-state index is 12.2. The topological polar surface area (TPSA) is 65.2 Å². The van der Waals surface area contributed by atoms with Crippen LogP contribution in [-0.4, -0.2) is 17.9 Å². The second kappa shape index (κ2) is 4.65. The minimum absolute atomic E-state index is 0.199. The summed E-state index contributed by atoms with van der Waals surface area (Å²) in [5.41, 5.74) is 6.98. The van der Waals surface area contributed by atoms with Crippen LogP contribution in [0.1, 0.15) is 16.1 Å². The first-order valence-electron chi connectivity index (χ1n) is 5.11. The first-order chi connectivity index (χ1) is 8.22. The first-order valence-corrected chi connectivity index (χ1v) is 5.11. The minimum atomic E-state index is -0.199. The zero-order valence-corrected chi connectivity index (χ0v) is 9.38. The van der Waals surface area contributed by atoms with Crippen LogP contribution in [-0.2, 0) is 0 Å². The summed E-state index contributed by atoms with van der Waals surface area (Å²) in [6.45, 7) is 0. The van der Waals surface area contributed by atoms with Crippen molar-refractivity contribution in [3.8, 4) is 5.75 Å². The van der Waals surface area contributed by atoms with E-state index in [2.05, 4.69) is 4.98 Å². The van der Waals surface area contributed by atoms with Crippen molar-refractivity contribution >= 4 is 11.5 Å². The molecule has 0 radical (unpaired) electrons. The van der Waals surface area contributed by atoms with E-state index >= 15 is 0 Å². The van der Waals surface area contributed by atoms with Crippen LogP contribution in [0.3, 0.4) is 0 Å². The molecule has 2 aromatic rings. The summed E-state index contributed by atoms with van der Waals surface area (Å²) in [7, 11) is 1.51. The van der Waals surface area contributed by atoms with Crippen molar-refractivity contribution in [2.24, 2.45) is 0 Å². The number of pyridine rings is 1. The third kappa shape index (κ3) is 2.25. The van der Waals surface area contributed by atoms with Crippen LogP contribution >= 0.6 is 0 Å². The highest BCUT2D eigenvalue weighted by Crippen LogP contribution is 2.23. The molecule has 0 amide bonds. The minimum Gasteiger partial charge on any atom is -0.496 e. The highest BCUT2D eigenvalue weighted by atomic mass is 16.5. The second-order valence-electron chi connectivity index (χ2n) is 3.50. The van der Waals surface area contributed by atoms with Crippen molar-refractivity contribution in [2.45, 2.75) is 0 Å². The number of ketones is 1. The fourth-order valence-corrected chi connectivity index (χ4v) is 1.54. The van der Waals surface area contributed by atoms with Crippen molar-refractivity contribution in [1.29, 1.82) is 0 Å². The molecule has 86 valence electrons. The average molecular weight is 228 g/mol. The molecule has 0 aliphatic carbocycles. The van der Waals surface area contributed by atoms with E-state index < -0.39 is 0 Å². The fourth-order valence-electron chi connectivity index (χ4n) is 1.54. The number of benzene rings is 1. The Balaban J connectivity index is 2.47. The van der Waals surface area contributed by atoms with E-state index in [1.54, 1.807) is 42.6 Å². The van der Waals surface area contributed by atoms with Gasteiger partial charge in [0.15, 0.2) is 0 Å². The molecule has 0 bridgehead atoms. The van der Waals surface area contributed by atoms with Crippen LogP contribution < -0.4 is 10.5 Å². The van der Waals surface area contributed by atoms with Crippen LogP contribution in [0.25, 0.3) is 0 Å². The van der Waals surface area contributed by atoms with Crippen LogP contribution in [0.15, 0.2) is 42.6 Å². The highest BCUT2D eigenvalue weighted by Gasteiger charge is 2.15. The maximum Gasteiger partial charge on any atom is 0.215 e. The number of hydrogen-bond donors (Lipinski definition) is 1. The molecule has 0 fully saturated rings. The largest absolute Gasteiger partial charge is 0.496 e. The Bertz CT molecular complexity index is 538. The molecule has 1 heterocycles. The molecule has 0 saturated carbocycles. The first kappa shape index (κ1) is 11.1. The molecule has 0 unspecified atom stereocenters. The van der Waals surface area contributed by atoms with Gasteiger partial charge < -0.3 is 10.5 Å². The Kier molecular flexibility index (Phi) is 3.05. The van der Waals surface area contributed by atoms with E-state index in [1.807, 2.05) is 0 Å². The molecule has 2 rings (SSSR count). The zero-order chi connectivity index (χ0) is 12.3. The van der Waals surface area contributed by atoms with E-state index in [-0.39, 0.29) is 5.78 Å². The monoisotopic (exact) mass is 228 g/mol. The summed E-state index contributed by atoms with van der Waals surface area (Å²) in [6.07, 6.45) is 1.58. The fraction of sp³-hybridized carbons (Fsp3) is 0.0769. The molecule has 1 aromatic carbocycles. The average Bonchev–Trinajstić information content (AvgIpc) is 2.39. The van der Waals surface area contributed by atoms with Crippen molar-refractivity contribution in [3.05, 3.63) is 53.9 Å². The Hall–Kier alpha value is -2.36. The summed E-state index contributed by atoms with van der Waals surface area (Å²) in [4.78, 5) is 16.2. The van der Waals surface area contributed by atoms with Gasteiger partial charge in [0, 0.05) is 11.9 Å². The van der Waals surface area contributed by atoms with Gasteiger partial charge in [0.25, 0.3) is 0 Å². The second-order valence-corrected chi connectivity index (χ2v) is 3.50. The van der Waals surface area contributed by atoms with Gasteiger partial charge in [0.2, 0.25) is 5.78 Å². The van der Waals surface area contributed by atoms with Gasteiger partial charge in [-0.3, -0.25) is 9.78 Å². The van der Waals surface area contributed by atoms with Crippen LogP contribution in [0, 0.1) is 0 Å². The molecular weight excluding hydrogens is 216 g/mol. The number of carbonyl (C=O) groups is 1. The van der Waals surface area contributed by atoms with Gasteiger partial charge in [-0.1, -0.05) is 6.07 Å².